The Bertz CT molecular complexity index is 403. The average Bonchev–Trinajstić information content (AvgIpc) is 2.39. The molecule has 0 spiro atoms. The Balaban J connectivity index is 2.16. The van der Waals surface area contributed by atoms with Crippen LogP contribution in [0, 0.1) is 0 Å². The topological polar surface area (TPSA) is 40.5 Å². The van der Waals surface area contributed by atoms with Gasteiger partial charge in [0.2, 0.25) is 0 Å². The summed E-state index contributed by atoms with van der Waals surface area (Å²) in [7, 11) is 0. The number of likely N-dealkylation sites (N-methyl/N-ethyl adjacent to an activating group) is 1. The molecular weight excluding hydrogens is 214 g/mol. The molecule has 0 radical (unpaired) electrons. The number of likely N-dealkylation sites (tertiary alicyclic amines) is 1. The van der Waals surface area contributed by atoms with Gasteiger partial charge < -0.3 is 10.0 Å². The van der Waals surface area contributed by atoms with Crippen LogP contribution in [0.2, 0.25) is 0 Å². The molecule has 1 heterocycles. The third-order valence-electron chi connectivity index (χ3n) is 3.56. The maximum absolute atomic E-state index is 10.9. The molecule has 0 amide bonds. The Morgan fingerprint density at radius 2 is 2.35 bits per heavy atom. The van der Waals surface area contributed by atoms with E-state index in [1.54, 1.807) is 6.07 Å². The van der Waals surface area contributed by atoms with Crippen LogP contribution in [0.4, 0.5) is 0 Å². The highest BCUT2D eigenvalue weighted by atomic mass is 16.4. The molecule has 92 valence electrons. The number of aromatic carboxylic acids is 1. The van der Waals surface area contributed by atoms with Crippen LogP contribution in [0.1, 0.15) is 41.6 Å². The zero-order valence-corrected chi connectivity index (χ0v) is 10.2. The highest BCUT2D eigenvalue weighted by Gasteiger charge is 2.20. The lowest BCUT2D eigenvalue weighted by Gasteiger charge is -2.32. The van der Waals surface area contributed by atoms with E-state index in [1.807, 2.05) is 12.1 Å². The molecule has 0 bridgehead atoms. The zero-order chi connectivity index (χ0) is 12.3. The first-order valence-electron chi connectivity index (χ1n) is 6.26. The average molecular weight is 233 g/mol. The number of hydrogen-bond donors (Lipinski definition) is 1. The first-order valence-corrected chi connectivity index (χ1v) is 6.26. The van der Waals surface area contributed by atoms with E-state index in [0.717, 1.165) is 13.1 Å². The van der Waals surface area contributed by atoms with Gasteiger partial charge in [-0.1, -0.05) is 19.1 Å². The van der Waals surface area contributed by atoms with Crippen LogP contribution in [0.5, 0.6) is 0 Å². The Kier molecular flexibility index (Phi) is 3.79. The maximum Gasteiger partial charge on any atom is 0.335 e. The van der Waals surface area contributed by atoms with Crippen molar-refractivity contribution in [3.05, 3.63) is 35.4 Å². The second-order valence-corrected chi connectivity index (χ2v) is 4.66. The Hall–Kier alpha value is -1.35. The van der Waals surface area contributed by atoms with E-state index in [2.05, 4.69) is 17.9 Å². The minimum Gasteiger partial charge on any atom is -0.478 e. The summed E-state index contributed by atoms with van der Waals surface area (Å²) in [5.74, 6) is -0.349. The van der Waals surface area contributed by atoms with Gasteiger partial charge in [0, 0.05) is 6.54 Å². The molecule has 0 saturated carbocycles. The lowest BCUT2D eigenvalue weighted by Crippen LogP contribution is -2.34. The van der Waals surface area contributed by atoms with E-state index in [9.17, 15) is 4.79 Å². The highest BCUT2D eigenvalue weighted by Crippen LogP contribution is 2.27. The van der Waals surface area contributed by atoms with Crippen LogP contribution in [0.25, 0.3) is 0 Å². The van der Waals surface area contributed by atoms with Crippen LogP contribution in [0.15, 0.2) is 24.3 Å². The van der Waals surface area contributed by atoms with Crippen LogP contribution in [0.3, 0.4) is 0 Å². The number of carboxylic acid groups (broad SMARTS) is 1. The molecule has 1 aliphatic rings. The van der Waals surface area contributed by atoms with Crippen molar-refractivity contribution in [1.29, 1.82) is 0 Å². The number of rotatable bonds is 3. The highest BCUT2D eigenvalue weighted by molar-refractivity contribution is 5.87. The number of carboxylic acids is 1. The smallest absolute Gasteiger partial charge is 0.335 e. The van der Waals surface area contributed by atoms with E-state index in [-0.39, 0.29) is 0 Å². The molecule has 17 heavy (non-hydrogen) atoms. The quantitative estimate of drug-likeness (QED) is 0.872. The van der Waals surface area contributed by atoms with Crippen molar-refractivity contribution in [2.45, 2.75) is 25.7 Å². The summed E-state index contributed by atoms with van der Waals surface area (Å²) in [6, 6.07) is 7.39. The molecule has 3 nitrogen and oxygen atoms in total. The predicted molar refractivity (Wildman–Crippen MR) is 67.5 cm³/mol. The number of carbonyl (C=O) groups is 1. The fourth-order valence-corrected chi connectivity index (χ4v) is 2.54. The van der Waals surface area contributed by atoms with Crippen LogP contribution >= 0.6 is 0 Å². The lowest BCUT2D eigenvalue weighted by atomic mass is 9.90. The molecule has 1 fully saturated rings. The van der Waals surface area contributed by atoms with Gasteiger partial charge in [-0.05, 0) is 49.5 Å². The van der Waals surface area contributed by atoms with E-state index < -0.39 is 5.97 Å². The zero-order valence-electron chi connectivity index (χ0n) is 10.2. The number of nitrogens with zero attached hydrogens (tertiary/aromatic N) is 1. The van der Waals surface area contributed by atoms with Crippen molar-refractivity contribution >= 4 is 5.97 Å². The summed E-state index contributed by atoms with van der Waals surface area (Å²) >= 11 is 0. The van der Waals surface area contributed by atoms with Gasteiger partial charge in [0.1, 0.15) is 0 Å². The minimum atomic E-state index is -0.838. The van der Waals surface area contributed by atoms with Crippen molar-refractivity contribution in [3.63, 3.8) is 0 Å². The fraction of sp³-hybridized carbons (Fsp3) is 0.500. The summed E-state index contributed by atoms with van der Waals surface area (Å²) in [6.07, 6.45) is 2.37. The third-order valence-corrected chi connectivity index (χ3v) is 3.56. The SMILES string of the molecule is CCN1CCCC(c2cccc(C(=O)O)c2)C1. The van der Waals surface area contributed by atoms with Crippen molar-refractivity contribution in [2.75, 3.05) is 19.6 Å². The molecule has 1 N–H and O–H groups in total. The third kappa shape index (κ3) is 2.86. The number of piperidine rings is 1. The standard InChI is InChI=1S/C14H19NO2/c1-2-15-8-4-7-13(10-15)11-5-3-6-12(9-11)14(16)17/h3,5-6,9,13H,2,4,7-8,10H2,1H3,(H,16,17). The van der Waals surface area contributed by atoms with Gasteiger partial charge in [-0.2, -0.15) is 0 Å². The summed E-state index contributed by atoms with van der Waals surface area (Å²) < 4.78 is 0. The van der Waals surface area contributed by atoms with Crippen molar-refractivity contribution < 1.29 is 9.90 Å². The van der Waals surface area contributed by atoms with Gasteiger partial charge >= 0.3 is 5.97 Å². The predicted octanol–water partition coefficient (Wildman–Crippen LogP) is 2.58. The van der Waals surface area contributed by atoms with E-state index >= 15 is 0 Å². The van der Waals surface area contributed by atoms with Crippen molar-refractivity contribution in [3.8, 4) is 0 Å². The summed E-state index contributed by atoms with van der Waals surface area (Å²) in [5, 5.41) is 9.00. The van der Waals surface area contributed by atoms with Gasteiger partial charge in [0.05, 0.1) is 5.56 Å². The summed E-state index contributed by atoms with van der Waals surface area (Å²) in [5.41, 5.74) is 1.57. The van der Waals surface area contributed by atoms with Crippen LogP contribution < -0.4 is 0 Å². The Morgan fingerprint density at radius 3 is 3.06 bits per heavy atom. The molecule has 1 unspecified atom stereocenters. The second kappa shape index (κ2) is 5.32. The Morgan fingerprint density at radius 1 is 1.53 bits per heavy atom. The van der Waals surface area contributed by atoms with Crippen molar-refractivity contribution in [1.82, 2.24) is 4.90 Å². The van der Waals surface area contributed by atoms with Crippen LogP contribution in [-0.2, 0) is 0 Å². The van der Waals surface area contributed by atoms with Gasteiger partial charge in [-0.3, -0.25) is 0 Å². The lowest BCUT2D eigenvalue weighted by molar-refractivity contribution is 0.0696. The van der Waals surface area contributed by atoms with E-state index in [0.29, 0.717) is 11.5 Å². The number of hydrogen-bond acceptors (Lipinski definition) is 2. The molecule has 0 aromatic heterocycles. The van der Waals surface area contributed by atoms with E-state index in [4.69, 9.17) is 5.11 Å². The molecule has 1 atom stereocenters. The van der Waals surface area contributed by atoms with Gasteiger partial charge in [0.25, 0.3) is 0 Å². The van der Waals surface area contributed by atoms with E-state index in [1.165, 1.54) is 24.9 Å². The molecule has 0 aliphatic carbocycles. The van der Waals surface area contributed by atoms with Gasteiger partial charge in [-0.25, -0.2) is 4.79 Å². The molecule has 1 aromatic rings. The molecular formula is C14H19NO2. The molecule has 1 aromatic carbocycles. The minimum absolute atomic E-state index is 0.399. The molecule has 1 saturated heterocycles. The Labute approximate surface area is 102 Å². The normalized spacial score (nSPS) is 21.4. The largest absolute Gasteiger partial charge is 0.478 e. The van der Waals surface area contributed by atoms with Crippen molar-refractivity contribution in [2.24, 2.45) is 0 Å². The number of benzene rings is 1. The first kappa shape index (κ1) is 12.1. The molecule has 1 aliphatic heterocycles. The summed E-state index contributed by atoms with van der Waals surface area (Å²) in [4.78, 5) is 13.4. The van der Waals surface area contributed by atoms with Gasteiger partial charge in [-0.15, -0.1) is 0 Å². The second-order valence-electron chi connectivity index (χ2n) is 4.66. The fourth-order valence-electron chi connectivity index (χ4n) is 2.54. The van der Waals surface area contributed by atoms with Crippen LogP contribution in [-0.4, -0.2) is 35.6 Å². The molecule has 3 heteroatoms. The summed E-state index contributed by atoms with van der Waals surface area (Å²) in [6.45, 7) is 5.48. The maximum atomic E-state index is 10.9. The molecule has 2 rings (SSSR count). The van der Waals surface area contributed by atoms with Gasteiger partial charge in [0.15, 0.2) is 0 Å². The first-order chi connectivity index (χ1) is 8.20. The monoisotopic (exact) mass is 233 g/mol.